The number of nitrogens with one attached hydrogen (secondary N) is 2. The zero-order chi connectivity index (χ0) is 24.9. The number of aromatic amines is 2. The highest BCUT2D eigenvalue weighted by Crippen LogP contribution is 2.38. The highest BCUT2D eigenvalue weighted by Gasteiger charge is 2.48. The van der Waals surface area contributed by atoms with Gasteiger partial charge in [0.1, 0.15) is 5.67 Å². The van der Waals surface area contributed by atoms with Gasteiger partial charge in [0, 0.05) is 66.2 Å². The van der Waals surface area contributed by atoms with E-state index in [-0.39, 0.29) is 0 Å². The van der Waals surface area contributed by atoms with Gasteiger partial charge in [-0.1, -0.05) is 30.3 Å². The molecule has 36 heavy (non-hydrogen) atoms. The van der Waals surface area contributed by atoms with E-state index in [2.05, 4.69) is 74.4 Å². The van der Waals surface area contributed by atoms with Crippen molar-refractivity contribution in [3.05, 3.63) is 65.5 Å². The van der Waals surface area contributed by atoms with Gasteiger partial charge in [0.25, 0.3) is 0 Å². The van der Waals surface area contributed by atoms with E-state index in [1.807, 2.05) is 6.20 Å². The van der Waals surface area contributed by atoms with E-state index < -0.39 is 5.67 Å². The molecule has 0 bridgehead atoms. The standard InChI is InChI=1S/C16H21FN2.C13H15N3O/c1-11-8-13-12-6-4-5-7-14(12)18-15(13)9-19(11)10-16(2,3)17;1-2-11-4-14-15-12(11)3-10(1)5-16-6-13(7-16)8-17-9-13/h4-7,11,18H,8-10H2,1-3H3;1-4H,5-9H2,(H,14,15). The van der Waals surface area contributed by atoms with Crippen molar-refractivity contribution in [2.45, 2.75) is 52.0 Å². The summed E-state index contributed by atoms with van der Waals surface area (Å²) >= 11 is 0. The molecule has 0 radical (unpaired) electrons. The number of aromatic nitrogens is 3. The molecule has 1 unspecified atom stereocenters. The summed E-state index contributed by atoms with van der Waals surface area (Å²) in [5.74, 6) is 0. The first kappa shape index (κ1) is 23.6. The van der Waals surface area contributed by atoms with Crippen LogP contribution >= 0.6 is 0 Å². The molecule has 5 heterocycles. The van der Waals surface area contributed by atoms with Crippen molar-refractivity contribution >= 4 is 21.8 Å². The zero-order valence-corrected chi connectivity index (χ0v) is 21.5. The van der Waals surface area contributed by atoms with Crippen LogP contribution in [0.4, 0.5) is 4.39 Å². The largest absolute Gasteiger partial charge is 0.380 e. The summed E-state index contributed by atoms with van der Waals surface area (Å²) in [4.78, 5) is 8.21. The van der Waals surface area contributed by atoms with Gasteiger partial charge in [-0.2, -0.15) is 5.10 Å². The zero-order valence-electron chi connectivity index (χ0n) is 21.5. The molecular formula is C29H36FN5O. The van der Waals surface area contributed by atoms with E-state index in [0.717, 1.165) is 38.2 Å². The van der Waals surface area contributed by atoms with Gasteiger partial charge >= 0.3 is 0 Å². The highest BCUT2D eigenvalue weighted by molar-refractivity contribution is 5.85. The number of halogens is 1. The summed E-state index contributed by atoms with van der Waals surface area (Å²) in [5, 5.41) is 9.57. The Labute approximate surface area is 211 Å². The molecule has 190 valence electrons. The first-order chi connectivity index (χ1) is 17.3. The summed E-state index contributed by atoms with van der Waals surface area (Å²) in [6.45, 7) is 12.1. The molecule has 2 aromatic carbocycles. The summed E-state index contributed by atoms with van der Waals surface area (Å²) in [5.41, 5.74) is 5.72. The number of alkyl halides is 1. The van der Waals surface area contributed by atoms with Crippen LogP contribution in [0.3, 0.4) is 0 Å². The molecule has 2 N–H and O–H groups in total. The number of H-pyrrole nitrogens is 2. The summed E-state index contributed by atoms with van der Waals surface area (Å²) in [6, 6.07) is 15.3. The summed E-state index contributed by atoms with van der Waals surface area (Å²) < 4.78 is 19.2. The van der Waals surface area contributed by atoms with Gasteiger partial charge in [0.2, 0.25) is 0 Å². The normalized spacial score (nSPS) is 21.6. The average molecular weight is 490 g/mol. The Balaban J connectivity index is 0.000000134. The Morgan fingerprint density at radius 3 is 2.69 bits per heavy atom. The summed E-state index contributed by atoms with van der Waals surface area (Å²) in [7, 11) is 0. The molecule has 0 saturated carbocycles. The number of nitrogens with zero attached hydrogens (tertiary/aromatic N) is 3. The van der Waals surface area contributed by atoms with Gasteiger partial charge in [-0.15, -0.1) is 0 Å². The van der Waals surface area contributed by atoms with Crippen molar-refractivity contribution in [2.75, 3.05) is 32.8 Å². The molecule has 7 heteroatoms. The lowest BCUT2D eigenvalue weighted by atomic mass is 9.78. The van der Waals surface area contributed by atoms with Crippen LogP contribution in [-0.2, 0) is 24.2 Å². The number of likely N-dealkylation sites (tertiary alicyclic amines) is 1. The van der Waals surface area contributed by atoms with Gasteiger partial charge in [-0.3, -0.25) is 14.9 Å². The van der Waals surface area contributed by atoms with Gasteiger partial charge < -0.3 is 9.72 Å². The second kappa shape index (κ2) is 8.98. The molecule has 0 aliphatic carbocycles. The maximum atomic E-state index is 13.9. The second-order valence-corrected chi connectivity index (χ2v) is 11.7. The summed E-state index contributed by atoms with van der Waals surface area (Å²) in [6.07, 6.45) is 2.86. The van der Waals surface area contributed by atoms with Crippen molar-refractivity contribution in [1.82, 2.24) is 25.0 Å². The molecule has 4 aromatic rings. The third-order valence-electron chi connectivity index (χ3n) is 7.81. The quantitative estimate of drug-likeness (QED) is 0.421. The van der Waals surface area contributed by atoms with E-state index in [4.69, 9.17) is 4.74 Å². The van der Waals surface area contributed by atoms with E-state index in [1.54, 1.807) is 13.8 Å². The first-order valence-corrected chi connectivity index (χ1v) is 13.0. The van der Waals surface area contributed by atoms with Crippen molar-refractivity contribution in [1.29, 1.82) is 0 Å². The molecule has 1 atom stereocenters. The molecule has 2 fully saturated rings. The average Bonchev–Trinajstić information content (AvgIpc) is 3.38. The number of hydrogen-bond acceptors (Lipinski definition) is 4. The lowest BCUT2D eigenvalue weighted by Gasteiger charge is -2.55. The van der Waals surface area contributed by atoms with Crippen LogP contribution in [-0.4, -0.2) is 69.5 Å². The Bertz CT molecular complexity index is 1360. The fraction of sp³-hybridized carbons (Fsp3) is 0.483. The molecule has 3 aliphatic rings. The molecule has 0 amide bonds. The minimum Gasteiger partial charge on any atom is -0.380 e. The van der Waals surface area contributed by atoms with Crippen LogP contribution in [0.5, 0.6) is 0 Å². The molecule has 6 nitrogen and oxygen atoms in total. The highest BCUT2D eigenvalue weighted by atomic mass is 19.1. The lowest BCUT2D eigenvalue weighted by Crippen LogP contribution is -2.65. The molecule has 2 aromatic heterocycles. The molecule has 1 spiro atoms. The SMILES string of the molecule is CC1Cc2c([nH]c3ccccc23)CN1CC(C)(C)F.c1cc2cn[nH]c2cc1CN1CC2(COC2)C1. The van der Waals surface area contributed by atoms with Gasteiger partial charge in [0.15, 0.2) is 0 Å². The van der Waals surface area contributed by atoms with Crippen LogP contribution in [0.2, 0.25) is 0 Å². The van der Waals surface area contributed by atoms with E-state index in [1.165, 1.54) is 46.2 Å². The van der Waals surface area contributed by atoms with Crippen LogP contribution in [0, 0.1) is 5.41 Å². The predicted octanol–water partition coefficient (Wildman–Crippen LogP) is 5.06. The second-order valence-electron chi connectivity index (χ2n) is 11.7. The number of ether oxygens (including phenoxy) is 1. The van der Waals surface area contributed by atoms with Crippen molar-refractivity contribution < 1.29 is 9.13 Å². The minimum absolute atomic E-state index is 0.390. The fourth-order valence-electron chi connectivity index (χ4n) is 6.03. The van der Waals surface area contributed by atoms with E-state index in [0.29, 0.717) is 18.0 Å². The Hall–Kier alpha value is -2.74. The molecular weight excluding hydrogens is 453 g/mol. The van der Waals surface area contributed by atoms with Gasteiger partial charge in [-0.25, -0.2) is 4.39 Å². The topological polar surface area (TPSA) is 60.2 Å². The number of rotatable bonds is 4. The van der Waals surface area contributed by atoms with Crippen LogP contribution in [0.1, 0.15) is 37.6 Å². The first-order valence-electron chi connectivity index (χ1n) is 13.0. The third kappa shape index (κ3) is 4.67. The number of benzene rings is 2. The van der Waals surface area contributed by atoms with Crippen LogP contribution in [0.15, 0.2) is 48.7 Å². The predicted molar refractivity (Wildman–Crippen MR) is 142 cm³/mol. The van der Waals surface area contributed by atoms with Crippen molar-refractivity contribution in [2.24, 2.45) is 5.41 Å². The Morgan fingerprint density at radius 1 is 1.14 bits per heavy atom. The maximum Gasteiger partial charge on any atom is 0.118 e. The van der Waals surface area contributed by atoms with Crippen molar-refractivity contribution in [3.63, 3.8) is 0 Å². The monoisotopic (exact) mass is 489 g/mol. The molecule has 2 saturated heterocycles. The van der Waals surface area contributed by atoms with Gasteiger partial charge in [-0.05, 0) is 50.5 Å². The fourth-order valence-corrected chi connectivity index (χ4v) is 6.03. The minimum atomic E-state index is -1.14. The Kier molecular flexibility index (Phi) is 5.90. The van der Waals surface area contributed by atoms with Crippen LogP contribution < -0.4 is 0 Å². The van der Waals surface area contributed by atoms with Crippen LogP contribution in [0.25, 0.3) is 21.8 Å². The molecule has 3 aliphatic heterocycles. The van der Waals surface area contributed by atoms with Crippen molar-refractivity contribution in [3.8, 4) is 0 Å². The lowest BCUT2D eigenvalue weighted by molar-refractivity contribution is -0.191. The smallest absolute Gasteiger partial charge is 0.118 e. The van der Waals surface area contributed by atoms with E-state index in [9.17, 15) is 4.39 Å². The van der Waals surface area contributed by atoms with Gasteiger partial charge in [0.05, 0.1) is 24.9 Å². The number of fused-ring (bicyclic) bond motifs is 4. The van der Waals surface area contributed by atoms with E-state index >= 15 is 0 Å². The molecule has 7 rings (SSSR count). The number of hydrogen-bond donors (Lipinski definition) is 2. The maximum absolute atomic E-state index is 13.9. The third-order valence-corrected chi connectivity index (χ3v) is 7.81. The number of para-hydroxylation sites is 1. The Morgan fingerprint density at radius 2 is 1.94 bits per heavy atom.